The van der Waals surface area contributed by atoms with Crippen LogP contribution in [0.4, 0.5) is 5.69 Å². The number of benzene rings is 2. The van der Waals surface area contributed by atoms with Crippen LogP contribution in [0.15, 0.2) is 48.7 Å². The average molecular weight is 494 g/mol. The van der Waals surface area contributed by atoms with Crippen molar-refractivity contribution >= 4 is 23.2 Å². The Morgan fingerprint density at radius 2 is 1.83 bits per heavy atom. The molecule has 2 fully saturated rings. The van der Waals surface area contributed by atoms with Gasteiger partial charge in [-0.3, -0.25) is 4.79 Å². The fourth-order valence-corrected chi connectivity index (χ4v) is 5.34. The molecule has 5 rings (SSSR count). The van der Waals surface area contributed by atoms with Crippen molar-refractivity contribution in [1.29, 1.82) is 0 Å². The summed E-state index contributed by atoms with van der Waals surface area (Å²) in [5.41, 5.74) is 4.76. The van der Waals surface area contributed by atoms with Crippen molar-refractivity contribution in [2.24, 2.45) is 0 Å². The number of carbonyl (C=O) groups excluding carboxylic acids is 1. The molecular weight excluding hydrogens is 462 g/mol. The Kier molecular flexibility index (Phi) is 6.97. The minimum atomic E-state index is 0.0646. The Morgan fingerprint density at radius 1 is 1.09 bits per heavy atom. The third-order valence-electron chi connectivity index (χ3n) is 7.22. The molecule has 1 amide bonds. The number of hydrogen-bond donors (Lipinski definition) is 1. The maximum atomic E-state index is 13.8. The quantitative estimate of drug-likeness (QED) is 0.575. The Morgan fingerprint density at radius 3 is 2.57 bits per heavy atom. The van der Waals surface area contributed by atoms with E-state index in [1.807, 2.05) is 52.9 Å². The van der Waals surface area contributed by atoms with Gasteiger partial charge in [0.2, 0.25) is 0 Å². The van der Waals surface area contributed by atoms with Crippen molar-refractivity contribution in [3.63, 3.8) is 0 Å². The number of hydrogen-bond acceptors (Lipinski definition) is 5. The van der Waals surface area contributed by atoms with Gasteiger partial charge in [0.25, 0.3) is 5.91 Å². The van der Waals surface area contributed by atoms with Gasteiger partial charge < -0.3 is 19.9 Å². The van der Waals surface area contributed by atoms with Crippen molar-refractivity contribution in [2.75, 3.05) is 51.3 Å². The number of aromatic nitrogens is 2. The molecule has 7 nitrogen and oxygen atoms in total. The van der Waals surface area contributed by atoms with Crippen LogP contribution in [-0.2, 0) is 0 Å². The molecular formula is C27H32ClN5O2. The van der Waals surface area contributed by atoms with E-state index in [0.717, 1.165) is 67.4 Å². The van der Waals surface area contributed by atoms with E-state index in [9.17, 15) is 4.79 Å². The van der Waals surface area contributed by atoms with Crippen molar-refractivity contribution in [2.45, 2.75) is 25.7 Å². The molecule has 2 aromatic carbocycles. The predicted octanol–water partition coefficient (Wildman–Crippen LogP) is 4.27. The number of piperidine rings is 1. The normalized spacial score (nSPS) is 17.0. The van der Waals surface area contributed by atoms with Gasteiger partial charge in [-0.2, -0.15) is 5.10 Å². The van der Waals surface area contributed by atoms with Gasteiger partial charge in [0, 0.05) is 48.9 Å². The lowest BCUT2D eigenvalue weighted by atomic mass is 9.91. The zero-order valence-corrected chi connectivity index (χ0v) is 21.1. The zero-order chi connectivity index (χ0) is 24.4. The summed E-state index contributed by atoms with van der Waals surface area (Å²) in [6.07, 6.45) is 3.72. The summed E-state index contributed by atoms with van der Waals surface area (Å²) in [7, 11) is 1.68. The summed E-state index contributed by atoms with van der Waals surface area (Å²) in [4.78, 5) is 18.1. The lowest BCUT2D eigenvalue weighted by Gasteiger charge is -2.36. The minimum Gasteiger partial charge on any atom is -0.497 e. The molecule has 2 aliphatic rings. The van der Waals surface area contributed by atoms with E-state index in [1.54, 1.807) is 13.3 Å². The van der Waals surface area contributed by atoms with Crippen LogP contribution in [0.25, 0.3) is 5.69 Å². The Bertz CT molecular complexity index is 1200. The molecule has 1 aromatic heterocycles. The molecule has 0 aliphatic carbocycles. The van der Waals surface area contributed by atoms with E-state index in [-0.39, 0.29) is 11.8 Å². The third-order valence-corrected chi connectivity index (χ3v) is 7.62. The Balaban J connectivity index is 1.41. The highest BCUT2D eigenvalue weighted by Gasteiger charge is 2.31. The number of piperazine rings is 1. The van der Waals surface area contributed by atoms with Gasteiger partial charge in [0.05, 0.1) is 30.3 Å². The van der Waals surface area contributed by atoms with Crippen LogP contribution in [-0.4, -0.2) is 67.0 Å². The highest BCUT2D eigenvalue weighted by Crippen LogP contribution is 2.33. The van der Waals surface area contributed by atoms with Gasteiger partial charge in [0.1, 0.15) is 5.75 Å². The third kappa shape index (κ3) is 4.75. The molecule has 3 heterocycles. The van der Waals surface area contributed by atoms with Crippen LogP contribution in [0, 0.1) is 6.92 Å². The van der Waals surface area contributed by atoms with E-state index in [4.69, 9.17) is 21.4 Å². The number of halogens is 1. The molecule has 0 unspecified atom stereocenters. The van der Waals surface area contributed by atoms with Crippen molar-refractivity contribution in [1.82, 2.24) is 20.0 Å². The number of carbonyl (C=O) groups is 1. The Hall–Kier alpha value is -3.03. The summed E-state index contributed by atoms with van der Waals surface area (Å²) >= 11 is 6.44. The van der Waals surface area contributed by atoms with E-state index in [0.29, 0.717) is 23.7 Å². The molecule has 3 aromatic rings. The van der Waals surface area contributed by atoms with Crippen LogP contribution >= 0.6 is 11.6 Å². The second-order valence-electron chi connectivity index (χ2n) is 9.24. The predicted molar refractivity (Wildman–Crippen MR) is 139 cm³/mol. The van der Waals surface area contributed by atoms with Crippen molar-refractivity contribution < 1.29 is 9.53 Å². The van der Waals surface area contributed by atoms with E-state index in [2.05, 4.69) is 16.3 Å². The number of rotatable bonds is 5. The molecule has 0 spiro atoms. The minimum absolute atomic E-state index is 0.0646. The number of amides is 1. The maximum absolute atomic E-state index is 13.8. The van der Waals surface area contributed by atoms with E-state index >= 15 is 0 Å². The largest absolute Gasteiger partial charge is 0.497 e. The molecule has 0 saturated carbocycles. The van der Waals surface area contributed by atoms with E-state index < -0.39 is 0 Å². The van der Waals surface area contributed by atoms with Crippen LogP contribution in [0.3, 0.4) is 0 Å². The van der Waals surface area contributed by atoms with Crippen LogP contribution in [0.1, 0.15) is 40.4 Å². The molecule has 2 saturated heterocycles. The second kappa shape index (κ2) is 10.3. The zero-order valence-electron chi connectivity index (χ0n) is 20.3. The smallest absolute Gasteiger partial charge is 0.257 e. The highest BCUT2D eigenvalue weighted by molar-refractivity contribution is 6.31. The number of nitrogens with zero attached hydrogens (tertiary/aromatic N) is 4. The summed E-state index contributed by atoms with van der Waals surface area (Å²) in [5.74, 6) is 1.18. The highest BCUT2D eigenvalue weighted by atomic mass is 35.5. The second-order valence-corrected chi connectivity index (χ2v) is 9.65. The summed E-state index contributed by atoms with van der Waals surface area (Å²) in [5, 5.41) is 8.87. The van der Waals surface area contributed by atoms with Gasteiger partial charge in [-0.1, -0.05) is 23.7 Å². The first-order valence-corrected chi connectivity index (χ1v) is 12.7. The summed E-state index contributed by atoms with van der Waals surface area (Å²) in [6, 6.07) is 13.9. The van der Waals surface area contributed by atoms with Gasteiger partial charge in [-0.05, 0) is 62.7 Å². The maximum Gasteiger partial charge on any atom is 0.257 e. The fourth-order valence-electron chi connectivity index (χ4n) is 5.17. The first-order chi connectivity index (χ1) is 17.1. The SMILES string of the molecule is COc1cccc(N2CCN(C(=O)c3cnn(-c4cccc(Cl)c4C)c3C3CCNCC3)CC2)c1. The molecule has 35 heavy (non-hydrogen) atoms. The van der Waals surface area contributed by atoms with Crippen LogP contribution < -0.4 is 15.0 Å². The summed E-state index contributed by atoms with van der Waals surface area (Å²) < 4.78 is 7.33. The first-order valence-electron chi connectivity index (χ1n) is 12.3. The monoisotopic (exact) mass is 493 g/mol. The molecule has 184 valence electrons. The molecule has 0 atom stereocenters. The Labute approximate surface area is 211 Å². The molecule has 2 aliphatic heterocycles. The number of ether oxygens (including phenoxy) is 1. The molecule has 0 radical (unpaired) electrons. The lowest BCUT2D eigenvalue weighted by Crippen LogP contribution is -2.49. The first kappa shape index (κ1) is 23.7. The van der Waals surface area contributed by atoms with Gasteiger partial charge >= 0.3 is 0 Å². The van der Waals surface area contributed by atoms with E-state index in [1.165, 1.54) is 0 Å². The topological polar surface area (TPSA) is 62.6 Å². The molecule has 1 N–H and O–H groups in total. The number of methoxy groups -OCH3 is 1. The number of anilines is 1. The van der Waals surface area contributed by atoms with Gasteiger partial charge in [-0.25, -0.2) is 4.68 Å². The average Bonchev–Trinajstić information content (AvgIpc) is 3.35. The molecule has 8 heteroatoms. The van der Waals surface area contributed by atoms with Gasteiger partial charge in [0.15, 0.2) is 0 Å². The van der Waals surface area contributed by atoms with Crippen LogP contribution in [0.2, 0.25) is 5.02 Å². The van der Waals surface area contributed by atoms with Crippen molar-refractivity contribution in [3.05, 3.63) is 70.5 Å². The number of nitrogens with one attached hydrogen (secondary N) is 1. The van der Waals surface area contributed by atoms with Gasteiger partial charge in [-0.15, -0.1) is 0 Å². The van der Waals surface area contributed by atoms with Crippen LogP contribution in [0.5, 0.6) is 5.75 Å². The molecule has 0 bridgehead atoms. The summed E-state index contributed by atoms with van der Waals surface area (Å²) in [6.45, 7) is 6.79. The lowest BCUT2D eigenvalue weighted by molar-refractivity contribution is 0.0744. The standard InChI is InChI=1S/C27H32ClN5O2/c1-19-24(28)7-4-8-25(19)33-26(20-9-11-29-12-10-20)23(18-30-33)27(34)32-15-13-31(14-16-32)21-5-3-6-22(17-21)35-2/h3-8,17-18,20,29H,9-16H2,1-2H3. The van der Waals surface area contributed by atoms with Crippen molar-refractivity contribution in [3.8, 4) is 11.4 Å². The fraction of sp³-hybridized carbons (Fsp3) is 0.407.